The van der Waals surface area contributed by atoms with E-state index in [1.54, 1.807) is 48.2 Å². The van der Waals surface area contributed by atoms with Crippen LogP contribution in [0.3, 0.4) is 0 Å². The number of halogens is 1. The molecule has 2 aliphatic heterocycles. The van der Waals surface area contributed by atoms with Gasteiger partial charge in [-0.05, 0) is 85.4 Å². The fourth-order valence-corrected chi connectivity index (χ4v) is 4.76. The van der Waals surface area contributed by atoms with Gasteiger partial charge >= 0.3 is 5.97 Å². The lowest BCUT2D eigenvalue weighted by Crippen LogP contribution is -2.37. The first-order valence-electron chi connectivity index (χ1n) is 12.2. The third-order valence-electron chi connectivity index (χ3n) is 6.25. The van der Waals surface area contributed by atoms with E-state index in [0.29, 0.717) is 28.4 Å². The predicted octanol–water partition coefficient (Wildman–Crippen LogP) is 4.26. The van der Waals surface area contributed by atoms with Crippen molar-refractivity contribution in [1.29, 1.82) is 0 Å². The Morgan fingerprint density at radius 1 is 1.05 bits per heavy atom. The van der Waals surface area contributed by atoms with Gasteiger partial charge in [-0.2, -0.15) is 0 Å². The minimum atomic E-state index is -0.910. The highest BCUT2D eigenvalue weighted by Crippen LogP contribution is 2.34. The van der Waals surface area contributed by atoms with Gasteiger partial charge in [-0.3, -0.25) is 14.5 Å². The summed E-state index contributed by atoms with van der Waals surface area (Å²) >= 11 is 5.68. The molecular formula is C28H24FN3O6S. The van der Waals surface area contributed by atoms with E-state index >= 15 is 0 Å². The number of benzene rings is 3. The summed E-state index contributed by atoms with van der Waals surface area (Å²) in [6.45, 7) is 2.33. The summed E-state index contributed by atoms with van der Waals surface area (Å²) in [4.78, 5) is 41.5. The van der Waals surface area contributed by atoms with E-state index < -0.39 is 29.6 Å². The Balaban J connectivity index is 1.36. The van der Waals surface area contributed by atoms with Crippen molar-refractivity contribution in [3.8, 4) is 11.5 Å². The molecule has 2 amide bonds. The number of hydrogen-bond acceptors (Lipinski definition) is 7. The first-order chi connectivity index (χ1) is 18.8. The van der Waals surface area contributed by atoms with Gasteiger partial charge in [-0.25, -0.2) is 9.18 Å². The number of carbonyl (C=O) groups is 3. The summed E-state index contributed by atoms with van der Waals surface area (Å²) in [6.07, 6.45) is -0.194. The number of fused-ring (bicyclic) bond motifs is 1. The van der Waals surface area contributed by atoms with Crippen LogP contribution >= 0.6 is 12.2 Å². The molecule has 2 heterocycles. The molecule has 200 valence electrons. The molecule has 39 heavy (non-hydrogen) atoms. The van der Waals surface area contributed by atoms with Crippen molar-refractivity contribution < 1.29 is 33.0 Å². The van der Waals surface area contributed by atoms with Crippen molar-refractivity contribution >= 4 is 46.5 Å². The molecule has 1 unspecified atom stereocenters. The normalized spacial score (nSPS) is 16.0. The highest BCUT2D eigenvalue weighted by atomic mass is 32.1. The van der Waals surface area contributed by atoms with Gasteiger partial charge in [0.2, 0.25) is 12.7 Å². The van der Waals surface area contributed by atoms with Crippen molar-refractivity contribution in [1.82, 2.24) is 4.90 Å². The number of carbonyl (C=O) groups excluding carboxylic acids is 3. The number of ether oxygens (including phenoxy) is 3. The quantitative estimate of drug-likeness (QED) is 0.329. The predicted molar refractivity (Wildman–Crippen MR) is 144 cm³/mol. The number of anilines is 2. The van der Waals surface area contributed by atoms with Crippen LogP contribution < -0.4 is 19.7 Å². The number of hydrogen-bond donors (Lipinski definition) is 1. The second-order valence-corrected chi connectivity index (χ2v) is 9.18. The Bertz CT molecular complexity index is 1430. The largest absolute Gasteiger partial charge is 0.462 e. The minimum absolute atomic E-state index is 0.126. The lowest BCUT2D eigenvalue weighted by Gasteiger charge is -2.24. The molecule has 3 aromatic rings. The van der Waals surface area contributed by atoms with Crippen LogP contribution in [0.1, 0.15) is 29.3 Å². The Morgan fingerprint density at radius 3 is 2.49 bits per heavy atom. The molecule has 0 radical (unpaired) electrons. The molecule has 1 saturated heterocycles. The van der Waals surface area contributed by atoms with E-state index in [0.717, 1.165) is 5.56 Å². The zero-order chi connectivity index (χ0) is 27.5. The first-order valence-corrected chi connectivity index (χ1v) is 12.6. The molecule has 11 heteroatoms. The Morgan fingerprint density at radius 2 is 1.77 bits per heavy atom. The van der Waals surface area contributed by atoms with Crippen LogP contribution in [0.5, 0.6) is 11.5 Å². The number of esters is 1. The molecule has 0 spiro atoms. The molecule has 9 nitrogen and oxygen atoms in total. The van der Waals surface area contributed by atoms with Crippen molar-refractivity contribution in [3.63, 3.8) is 0 Å². The highest BCUT2D eigenvalue weighted by Gasteiger charge is 2.44. The fourth-order valence-electron chi connectivity index (χ4n) is 4.37. The molecule has 1 atom stereocenters. The van der Waals surface area contributed by atoms with E-state index in [1.165, 1.54) is 29.2 Å². The van der Waals surface area contributed by atoms with Gasteiger partial charge in [0.15, 0.2) is 16.6 Å². The molecule has 1 N–H and O–H groups in total. The monoisotopic (exact) mass is 549 g/mol. The van der Waals surface area contributed by atoms with Crippen LogP contribution in [0.2, 0.25) is 0 Å². The van der Waals surface area contributed by atoms with Crippen LogP contribution in [0.4, 0.5) is 15.8 Å². The number of amides is 2. The average Bonchev–Trinajstić information content (AvgIpc) is 3.48. The zero-order valence-corrected chi connectivity index (χ0v) is 21.7. The third-order valence-corrected chi connectivity index (χ3v) is 6.67. The maximum Gasteiger partial charge on any atom is 0.338 e. The first kappa shape index (κ1) is 26.1. The summed E-state index contributed by atoms with van der Waals surface area (Å²) in [5.74, 6) is -0.521. The third kappa shape index (κ3) is 5.53. The van der Waals surface area contributed by atoms with Gasteiger partial charge in [0.1, 0.15) is 11.9 Å². The van der Waals surface area contributed by atoms with Crippen molar-refractivity contribution in [3.05, 3.63) is 83.7 Å². The van der Waals surface area contributed by atoms with Crippen molar-refractivity contribution in [2.24, 2.45) is 0 Å². The van der Waals surface area contributed by atoms with E-state index in [1.807, 2.05) is 6.07 Å². The number of thiocarbonyl (C=S) groups is 1. The minimum Gasteiger partial charge on any atom is -0.462 e. The average molecular weight is 550 g/mol. The topological polar surface area (TPSA) is 97.4 Å². The summed E-state index contributed by atoms with van der Waals surface area (Å²) in [7, 11) is 0. The summed E-state index contributed by atoms with van der Waals surface area (Å²) in [6, 6.07) is 16.2. The Kier molecular flexibility index (Phi) is 7.42. The van der Waals surface area contributed by atoms with Crippen LogP contribution in [-0.2, 0) is 20.9 Å². The van der Waals surface area contributed by atoms with Gasteiger partial charge in [0.25, 0.3) is 5.91 Å². The van der Waals surface area contributed by atoms with Crippen LogP contribution in [0, 0.1) is 5.82 Å². The molecule has 3 aromatic carbocycles. The Labute approximate surface area is 229 Å². The molecule has 0 aliphatic carbocycles. The van der Waals surface area contributed by atoms with Crippen LogP contribution in [0.15, 0.2) is 66.7 Å². The van der Waals surface area contributed by atoms with E-state index in [-0.39, 0.29) is 31.5 Å². The molecule has 0 saturated carbocycles. The maximum absolute atomic E-state index is 13.6. The molecule has 1 fully saturated rings. The maximum atomic E-state index is 13.6. The standard InChI is InChI=1S/C28H24FN3O6S/c1-2-36-27(35)18-4-8-20(9-5-18)30-25(33)14-22-26(34)32(21-10-6-19(29)7-11-21)28(39)31(22)15-17-3-12-23-24(13-17)38-16-37-23/h3-13,22H,2,14-16H2,1H3,(H,30,33). The molecule has 2 aliphatic rings. The highest BCUT2D eigenvalue weighted by molar-refractivity contribution is 7.80. The number of nitrogens with zero attached hydrogens (tertiary/aromatic N) is 2. The lowest BCUT2D eigenvalue weighted by molar-refractivity contribution is -0.124. The molecule has 0 aromatic heterocycles. The van der Waals surface area contributed by atoms with E-state index in [4.69, 9.17) is 26.4 Å². The number of rotatable bonds is 8. The van der Waals surface area contributed by atoms with E-state index in [2.05, 4.69) is 5.32 Å². The smallest absolute Gasteiger partial charge is 0.338 e. The fraction of sp³-hybridized carbons (Fsp3) is 0.214. The van der Waals surface area contributed by atoms with E-state index in [9.17, 15) is 18.8 Å². The summed E-state index contributed by atoms with van der Waals surface area (Å²) in [5, 5.41) is 2.96. The second kappa shape index (κ2) is 11.1. The van der Waals surface area contributed by atoms with Gasteiger partial charge in [0, 0.05) is 12.2 Å². The van der Waals surface area contributed by atoms with Crippen molar-refractivity contribution in [2.45, 2.75) is 25.9 Å². The van der Waals surface area contributed by atoms with Crippen LogP contribution in [0.25, 0.3) is 0 Å². The second-order valence-electron chi connectivity index (χ2n) is 8.81. The Hall–Kier alpha value is -4.51. The van der Waals surface area contributed by atoms with Crippen molar-refractivity contribution in [2.75, 3.05) is 23.6 Å². The molecule has 0 bridgehead atoms. The van der Waals surface area contributed by atoms with Gasteiger partial charge in [-0.15, -0.1) is 0 Å². The lowest BCUT2D eigenvalue weighted by atomic mass is 10.1. The summed E-state index contributed by atoms with van der Waals surface area (Å²) in [5.41, 5.74) is 2.02. The zero-order valence-electron chi connectivity index (χ0n) is 20.9. The molecule has 5 rings (SSSR count). The van der Waals surface area contributed by atoms with Gasteiger partial charge in [0.05, 0.1) is 24.3 Å². The van der Waals surface area contributed by atoms with Gasteiger partial charge < -0.3 is 24.4 Å². The SMILES string of the molecule is CCOC(=O)c1ccc(NC(=O)CC2C(=O)N(c3ccc(F)cc3)C(=S)N2Cc2ccc3c(c2)OCO3)cc1. The van der Waals surface area contributed by atoms with Crippen LogP contribution in [-0.4, -0.2) is 47.2 Å². The van der Waals surface area contributed by atoms with Gasteiger partial charge in [-0.1, -0.05) is 6.07 Å². The molecular weight excluding hydrogens is 525 g/mol. The summed E-state index contributed by atoms with van der Waals surface area (Å²) < 4.78 is 29.4. The number of nitrogens with one attached hydrogen (secondary N) is 1.